The fourth-order valence-corrected chi connectivity index (χ4v) is 6.34. The van der Waals surface area contributed by atoms with Gasteiger partial charge in [-0.3, -0.25) is 9.89 Å². The first-order valence-corrected chi connectivity index (χ1v) is 11.9. The Balaban J connectivity index is 1.49. The molecule has 3 aromatic rings. The van der Waals surface area contributed by atoms with Gasteiger partial charge in [0.25, 0.3) is 5.91 Å². The number of aryl methyl sites for hydroxylation is 2. The van der Waals surface area contributed by atoms with Crippen LogP contribution in [0.5, 0.6) is 0 Å². The van der Waals surface area contributed by atoms with E-state index in [2.05, 4.69) is 25.7 Å². The quantitative estimate of drug-likeness (QED) is 0.599. The second-order valence-corrected chi connectivity index (χ2v) is 10.3. The Morgan fingerprint density at radius 3 is 2.68 bits per heavy atom. The minimum Gasteiger partial charge on any atom is -0.320 e. The minimum absolute atomic E-state index is 0.152. The molecule has 1 aliphatic rings. The molecule has 3 heterocycles. The molecule has 2 aromatic heterocycles. The van der Waals surface area contributed by atoms with Crippen LogP contribution in [-0.4, -0.2) is 52.1 Å². The molecule has 1 atom stereocenters. The third-order valence-corrected chi connectivity index (χ3v) is 8.34. The monoisotopic (exact) mass is 464 g/mol. The van der Waals surface area contributed by atoms with Gasteiger partial charge in [0.15, 0.2) is 0 Å². The summed E-state index contributed by atoms with van der Waals surface area (Å²) in [6.45, 7) is 4.03. The van der Waals surface area contributed by atoms with Crippen LogP contribution in [0.15, 0.2) is 29.2 Å². The number of nitrogens with one attached hydrogen (secondary N) is 2. The van der Waals surface area contributed by atoms with E-state index in [0.29, 0.717) is 35.0 Å². The van der Waals surface area contributed by atoms with Crippen molar-refractivity contribution >= 4 is 33.0 Å². The van der Waals surface area contributed by atoms with E-state index >= 15 is 0 Å². The van der Waals surface area contributed by atoms with Gasteiger partial charge in [0.1, 0.15) is 15.7 Å². The summed E-state index contributed by atoms with van der Waals surface area (Å²) >= 11 is 1.14. The lowest BCUT2D eigenvalue weighted by Crippen LogP contribution is -2.39. The van der Waals surface area contributed by atoms with Crippen molar-refractivity contribution in [3.8, 4) is 0 Å². The summed E-state index contributed by atoms with van der Waals surface area (Å²) in [5.74, 6) is -0.991. The van der Waals surface area contributed by atoms with E-state index in [0.717, 1.165) is 17.8 Å². The number of benzene rings is 1. The van der Waals surface area contributed by atoms with Gasteiger partial charge >= 0.3 is 0 Å². The number of nitrogens with zero attached hydrogens (tertiary/aromatic N) is 4. The van der Waals surface area contributed by atoms with Crippen molar-refractivity contribution in [2.24, 2.45) is 0 Å². The van der Waals surface area contributed by atoms with E-state index in [9.17, 15) is 17.6 Å². The van der Waals surface area contributed by atoms with Gasteiger partial charge in [0.05, 0.1) is 11.4 Å². The number of anilines is 1. The number of rotatable bonds is 5. The molecule has 0 bridgehead atoms. The summed E-state index contributed by atoms with van der Waals surface area (Å²) in [6, 6.07) is 5.42. The van der Waals surface area contributed by atoms with Crippen LogP contribution >= 0.6 is 11.3 Å². The van der Waals surface area contributed by atoms with Crippen LogP contribution in [0.1, 0.15) is 45.0 Å². The standard InChI is InChI=1S/C19H21FN6O3S2/c1-11-16(12(2)23-22-11)31(28,29)26-9-3-4-13(10-26)18-24-25-19(30-18)17(27)21-15-7-5-14(20)6-8-15/h5-8,13H,3-4,9-10H2,1-2H3,(H,21,27)(H,22,23)/t13-/m0/s1. The van der Waals surface area contributed by atoms with Crippen molar-refractivity contribution in [3.05, 3.63) is 51.5 Å². The van der Waals surface area contributed by atoms with Crippen molar-refractivity contribution < 1.29 is 17.6 Å². The summed E-state index contributed by atoms with van der Waals surface area (Å²) in [7, 11) is -3.69. The van der Waals surface area contributed by atoms with Gasteiger partial charge in [-0.25, -0.2) is 12.8 Å². The van der Waals surface area contributed by atoms with E-state index < -0.39 is 21.7 Å². The first-order chi connectivity index (χ1) is 14.8. The van der Waals surface area contributed by atoms with Gasteiger partial charge in [0.2, 0.25) is 15.0 Å². The average Bonchev–Trinajstić information content (AvgIpc) is 3.37. The Morgan fingerprint density at radius 2 is 2.00 bits per heavy atom. The maximum atomic E-state index is 13.1. The van der Waals surface area contributed by atoms with Crippen LogP contribution in [0.2, 0.25) is 0 Å². The molecule has 0 aliphatic carbocycles. The number of carbonyl (C=O) groups is 1. The minimum atomic E-state index is -3.69. The molecule has 0 saturated carbocycles. The summed E-state index contributed by atoms with van der Waals surface area (Å²) < 4.78 is 40.8. The Morgan fingerprint density at radius 1 is 1.26 bits per heavy atom. The number of hydrogen-bond acceptors (Lipinski definition) is 7. The SMILES string of the molecule is Cc1n[nH]c(C)c1S(=O)(=O)N1CCC[C@H](c2nnc(C(=O)Nc3ccc(F)cc3)s2)C1. The first kappa shape index (κ1) is 21.5. The molecule has 164 valence electrons. The highest BCUT2D eigenvalue weighted by atomic mass is 32.2. The molecule has 2 N–H and O–H groups in total. The number of amides is 1. The molecule has 1 aliphatic heterocycles. The van der Waals surface area contributed by atoms with Gasteiger partial charge in [-0.15, -0.1) is 10.2 Å². The lowest BCUT2D eigenvalue weighted by molar-refractivity contribution is 0.102. The molecule has 1 aromatic carbocycles. The van der Waals surface area contributed by atoms with E-state index in [1.165, 1.54) is 28.6 Å². The summed E-state index contributed by atoms with van der Waals surface area (Å²) in [4.78, 5) is 12.6. The Bertz CT molecular complexity index is 1190. The summed E-state index contributed by atoms with van der Waals surface area (Å²) in [5.41, 5.74) is 1.40. The number of aromatic amines is 1. The number of aromatic nitrogens is 4. The highest BCUT2D eigenvalue weighted by Crippen LogP contribution is 2.33. The molecule has 0 unspecified atom stereocenters. The molecule has 31 heavy (non-hydrogen) atoms. The van der Waals surface area contributed by atoms with E-state index in [-0.39, 0.29) is 22.4 Å². The molecular formula is C19H21FN6O3S2. The summed E-state index contributed by atoms with van der Waals surface area (Å²) in [6.07, 6.45) is 1.43. The van der Waals surface area contributed by atoms with Crippen LogP contribution in [0.25, 0.3) is 0 Å². The smallest absolute Gasteiger partial charge is 0.286 e. The number of halogens is 1. The lowest BCUT2D eigenvalue weighted by Gasteiger charge is -2.30. The number of H-pyrrole nitrogens is 1. The Hall–Kier alpha value is -2.70. The third-order valence-electron chi connectivity index (χ3n) is 5.13. The van der Waals surface area contributed by atoms with Gasteiger partial charge in [-0.2, -0.15) is 9.40 Å². The predicted octanol–water partition coefficient (Wildman–Crippen LogP) is 2.84. The van der Waals surface area contributed by atoms with Gasteiger partial charge in [0, 0.05) is 24.7 Å². The zero-order valence-corrected chi connectivity index (χ0v) is 18.6. The number of hydrogen-bond donors (Lipinski definition) is 2. The molecule has 0 spiro atoms. The maximum Gasteiger partial charge on any atom is 0.286 e. The van der Waals surface area contributed by atoms with E-state index in [1.807, 2.05) is 0 Å². The van der Waals surface area contributed by atoms with Crippen LogP contribution in [0, 0.1) is 19.7 Å². The molecule has 1 fully saturated rings. The third kappa shape index (κ3) is 4.36. The lowest BCUT2D eigenvalue weighted by atomic mass is 10.0. The van der Waals surface area contributed by atoms with Crippen molar-refractivity contribution in [1.29, 1.82) is 0 Å². The molecule has 4 rings (SSSR count). The van der Waals surface area contributed by atoms with Crippen LogP contribution in [0.3, 0.4) is 0 Å². The second-order valence-electron chi connectivity index (χ2n) is 7.37. The van der Waals surface area contributed by atoms with Crippen molar-refractivity contribution in [1.82, 2.24) is 24.7 Å². The Labute approximate surface area is 182 Å². The van der Waals surface area contributed by atoms with Gasteiger partial charge in [-0.1, -0.05) is 11.3 Å². The maximum absolute atomic E-state index is 13.1. The van der Waals surface area contributed by atoms with Crippen LogP contribution in [-0.2, 0) is 10.0 Å². The van der Waals surface area contributed by atoms with E-state index in [1.54, 1.807) is 13.8 Å². The topological polar surface area (TPSA) is 121 Å². The molecule has 9 nitrogen and oxygen atoms in total. The van der Waals surface area contributed by atoms with Crippen molar-refractivity contribution in [2.45, 2.75) is 37.5 Å². The molecular weight excluding hydrogens is 443 g/mol. The highest BCUT2D eigenvalue weighted by Gasteiger charge is 2.35. The van der Waals surface area contributed by atoms with E-state index in [4.69, 9.17) is 0 Å². The zero-order chi connectivity index (χ0) is 22.2. The van der Waals surface area contributed by atoms with Crippen molar-refractivity contribution in [2.75, 3.05) is 18.4 Å². The van der Waals surface area contributed by atoms with Gasteiger partial charge in [-0.05, 0) is 51.0 Å². The van der Waals surface area contributed by atoms with Gasteiger partial charge < -0.3 is 5.32 Å². The largest absolute Gasteiger partial charge is 0.320 e. The second kappa shape index (κ2) is 8.44. The van der Waals surface area contributed by atoms with Crippen molar-refractivity contribution in [3.63, 3.8) is 0 Å². The molecule has 12 heteroatoms. The zero-order valence-electron chi connectivity index (χ0n) is 16.9. The fourth-order valence-electron chi connectivity index (χ4n) is 3.62. The average molecular weight is 465 g/mol. The predicted molar refractivity (Wildman–Crippen MR) is 113 cm³/mol. The van der Waals surface area contributed by atoms with Crippen LogP contribution in [0.4, 0.5) is 10.1 Å². The fraction of sp³-hybridized carbons (Fsp3) is 0.368. The first-order valence-electron chi connectivity index (χ1n) is 9.67. The highest BCUT2D eigenvalue weighted by molar-refractivity contribution is 7.89. The normalized spacial score (nSPS) is 17.6. The number of carbonyl (C=O) groups excluding carboxylic acids is 1. The molecule has 0 radical (unpaired) electrons. The number of sulfonamides is 1. The molecule has 1 saturated heterocycles. The Kier molecular flexibility index (Phi) is 5.86. The van der Waals surface area contributed by atoms with Crippen LogP contribution < -0.4 is 5.32 Å². The number of piperidine rings is 1. The molecule has 1 amide bonds. The summed E-state index contributed by atoms with van der Waals surface area (Å²) in [5, 5.41) is 18.3.